The fraction of sp³-hybridized carbons (Fsp3) is 0.462. The molecule has 0 radical (unpaired) electrons. The van der Waals surface area contributed by atoms with Gasteiger partial charge < -0.3 is 19.8 Å². The smallest absolute Gasteiger partial charge is 0.323 e. The fourth-order valence-electron chi connectivity index (χ4n) is 1.50. The first-order valence-electron chi connectivity index (χ1n) is 6.69. The van der Waals surface area contributed by atoms with Gasteiger partial charge >= 0.3 is 6.01 Å². The number of aromatic nitrogens is 3. The Hall–Kier alpha value is -2.31. The molecule has 108 valence electrons. The Morgan fingerprint density at radius 3 is 2.60 bits per heavy atom. The van der Waals surface area contributed by atoms with Gasteiger partial charge in [0, 0.05) is 18.7 Å². The summed E-state index contributed by atoms with van der Waals surface area (Å²) in [4.78, 5) is 12.7. The third-order valence-corrected chi connectivity index (χ3v) is 2.42. The lowest BCUT2D eigenvalue weighted by molar-refractivity contribution is 0.292. The normalized spacial score (nSPS) is 10.3. The quantitative estimate of drug-likeness (QED) is 0.765. The minimum absolute atomic E-state index is 0.326. The summed E-state index contributed by atoms with van der Waals surface area (Å²) in [5.74, 6) is 0.978. The highest BCUT2D eigenvalue weighted by Gasteiger charge is 2.07. The van der Waals surface area contributed by atoms with E-state index in [9.17, 15) is 0 Å². The highest BCUT2D eigenvalue weighted by atomic mass is 16.5. The van der Waals surface area contributed by atoms with Crippen molar-refractivity contribution in [2.45, 2.75) is 26.8 Å². The highest BCUT2D eigenvalue weighted by Crippen LogP contribution is 2.12. The number of rotatable bonds is 8. The number of hydrogen-bond donors (Lipinski definition) is 2. The van der Waals surface area contributed by atoms with E-state index in [0.29, 0.717) is 31.1 Å². The van der Waals surface area contributed by atoms with Crippen LogP contribution in [-0.4, -0.2) is 28.1 Å². The molecule has 2 rings (SSSR count). The van der Waals surface area contributed by atoms with Gasteiger partial charge in [0.1, 0.15) is 0 Å². The molecule has 0 aliphatic rings. The predicted octanol–water partition coefficient (Wildman–Crippen LogP) is 2.30. The summed E-state index contributed by atoms with van der Waals surface area (Å²) in [6.07, 6.45) is 4.21. The first-order chi connectivity index (χ1) is 9.81. The number of ether oxygens (including phenoxy) is 1. The largest absolute Gasteiger partial charge is 0.472 e. The molecule has 0 aliphatic carbocycles. The summed E-state index contributed by atoms with van der Waals surface area (Å²) >= 11 is 0. The van der Waals surface area contributed by atoms with Gasteiger partial charge in [-0.15, -0.1) is 0 Å². The SMILES string of the molecule is CCCOc1nc(NCC)nc(NCc2ccoc2)n1. The van der Waals surface area contributed by atoms with Crippen molar-refractivity contribution in [2.24, 2.45) is 0 Å². The Kier molecular flexibility index (Phi) is 5.16. The van der Waals surface area contributed by atoms with Crippen LogP contribution in [0.1, 0.15) is 25.8 Å². The van der Waals surface area contributed by atoms with E-state index in [1.54, 1.807) is 12.5 Å². The number of nitrogens with zero attached hydrogens (tertiary/aromatic N) is 3. The maximum Gasteiger partial charge on any atom is 0.323 e. The minimum Gasteiger partial charge on any atom is -0.472 e. The summed E-state index contributed by atoms with van der Waals surface area (Å²) in [6.45, 7) is 5.91. The second-order valence-electron chi connectivity index (χ2n) is 4.13. The standard InChI is InChI=1S/C13H19N5O2/c1-3-6-20-13-17-11(14-4-2)16-12(18-13)15-8-10-5-7-19-9-10/h5,7,9H,3-4,6,8H2,1-2H3,(H2,14,15,16,17,18). The molecule has 0 spiro atoms. The van der Waals surface area contributed by atoms with E-state index >= 15 is 0 Å². The molecule has 7 nitrogen and oxygen atoms in total. The molecule has 0 unspecified atom stereocenters. The Morgan fingerprint density at radius 1 is 1.15 bits per heavy atom. The van der Waals surface area contributed by atoms with Crippen molar-refractivity contribution >= 4 is 11.9 Å². The average Bonchev–Trinajstić information content (AvgIpc) is 2.96. The lowest BCUT2D eigenvalue weighted by Crippen LogP contribution is -2.11. The van der Waals surface area contributed by atoms with Crippen LogP contribution < -0.4 is 15.4 Å². The lowest BCUT2D eigenvalue weighted by Gasteiger charge is -2.09. The van der Waals surface area contributed by atoms with Crippen molar-refractivity contribution in [3.05, 3.63) is 24.2 Å². The molecule has 0 bridgehead atoms. The molecule has 7 heteroatoms. The van der Waals surface area contributed by atoms with E-state index in [1.165, 1.54) is 0 Å². The van der Waals surface area contributed by atoms with Crippen LogP contribution in [0.2, 0.25) is 0 Å². The summed E-state index contributed by atoms with van der Waals surface area (Å²) < 4.78 is 10.5. The van der Waals surface area contributed by atoms with E-state index in [-0.39, 0.29) is 0 Å². The molecule has 0 saturated carbocycles. The minimum atomic E-state index is 0.326. The van der Waals surface area contributed by atoms with Crippen LogP contribution in [0.15, 0.2) is 23.0 Å². The second kappa shape index (κ2) is 7.32. The van der Waals surface area contributed by atoms with E-state index in [2.05, 4.69) is 25.6 Å². The zero-order valence-electron chi connectivity index (χ0n) is 11.7. The van der Waals surface area contributed by atoms with Gasteiger partial charge in [0.05, 0.1) is 19.1 Å². The molecule has 0 saturated heterocycles. The van der Waals surface area contributed by atoms with Gasteiger partial charge in [-0.3, -0.25) is 0 Å². The fourth-order valence-corrected chi connectivity index (χ4v) is 1.50. The van der Waals surface area contributed by atoms with Gasteiger partial charge in [0.15, 0.2) is 0 Å². The second-order valence-corrected chi connectivity index (χ2v) is 4.13. The molecule has 2 aromatic heterocycles. The van der Waals surface area contributed by atoms with Gasteiger partial charge in [0.25, 0.3) is 0 Å². The molecule has 0 fully saturated rings. The van der Waals surface area contributed by atoms with E-state index in [0.717, 1.165) is 18.5 Å². The first kappa shape index (κ1) is 14.1. The molecule has 0 aliphatic heterocycles. The summed E-state index contributed by atoms with van der Waals surface area (Å²) in [7, 11) is 0. The van der Waals surface area contributed by atoms with Gasteiger partial charge in [-0.1, -0.05) is 6.92 Å². The van der Waals surface area contributed by atoms with Crippen molar-refractivity contribution in [3.63, 3.8) is 0 Å². The van der Waals surface area contributed by atoms with Crippen LogP contribution in [0.3, 0.4) is 0 Å². The molecule has 0 aromatic carbocycles. The van der Waals surface area contributed by atoms with Gasteiger partial charge in [-0.05, 0) is 19.4 Å². The maximum absolute atomic E-state index is 5.46. The molecular weight excluding hydrogens is 258 g/mol. The summed E-state index contributed by atoms with van der Waals surface area (Å²) in [5, 5.41) is 6.18. The van der Waals surface area contributed by atoms with E-state index < -0.39 is 0 Å². The Labute approximate surface area is 117 Å². The number of nitrogens with one attached hydrogen (secondary N) is 2. The first-order valence-corrected chi connectivity index (χ1v) is 6.69. The van der Waals surface area contributed by atoms with Crippen molar-refractivity contribution in [1.82, 2.24) is 15.0 Å². The summed E-state index contributed by atoms with van der Waals surface area (Å²) in [5.41, 5.74) is 1.02. The Balaban J connectivity index is 2.06. The topological polar surface area (TPSA) is 85.1 Å². The Bertz CT molecular complexity index is 515. The molecule has 2 aromatic rings. The molecule has 2 heterocycles. The third-order valence-electron chi connectivity index (χ3n) is 2.42. The molecule has 20 heavy (non-hydrogen) atoms. The van der Waals surface area contributed by atoms with Crippen LogP contribution in [0.4, 0.5) is 11.9 Å². The van der Waals surface area contributed by atoms with Crippen molar-refractivity contribution < 1.29 is 9.15 Å². The Morgan fingerprint density at radius 2 is 1.95 bits per heavy atom. The van der Waals surface area contributed by atoms with Crippen LogP contribution in [0, 0.1) is 0 Å². The van der Waals surface area contributed by atoms with Crippen LogP contribution in [0.5, 0.6) is 6.01 Å². The zero-order chi connectivity index (χ0) is 14.2. The number of anilines is 2. The lowest BCUT2D eigenvalue weighted by atomic mass is 10.3. The molecule has 0 atom stereocenters. The maximum atomic E-state index is 5.46. The van der Waals surface area contributed by atoms with Gasteiger partial charge in [-0.25, -0.2) is 0 Å². The van der Waals surface area contributed by atoms with Crippen LogP contribution in [-0.2, 0) is 6.54 Å². The third kappa shape index (κ3) is 4.11. The van der Waals surface area contributed by atoms with Crippen molar-refractivity contribution in [3.8, 4) is 6.01 Å². The highest BCUT2D eigenvalue weighted by molar-refractivity contribution is 5.36. The van der Waals surface area contributed by atoms with Crippen LogP contribution >= 0.6 is 0 Å². The summed E-state index contributed by atoms with van der Waals surface area (Å²) in [6, 6.07) is 2.21. The van der Waals surface area contributed by atoms with Crippen LogP contribution in [0.25, 0.3) is 0 Å². The van der Waals surface area contributed by atoms with E-state index in [4.69, 9.17) is 9.15 Å². The van der Waals surface area contributed by atoms with Crippen molar-refractivity contribution in [1.29, 1.82) is 0 Å². The van der Waals surface area contributed by atoms with Crippen molar-refractivity contribution in [2.75, 3.05) is 23.8 Å². The average molecular weight is 277 g/mol. The molecular formula is C13H19N5O2. The zero-order valence-corrected chi connectivity index (χ0v) is 11.7. The predicted molar refractivity (Wildman–Crippen MR) is 75.8 cm³/mol. The van der Waals surface area contributed by atoms with Gasteiger partial charge in [0.2, 0.25) is 11.9 Å². The monoisotopic (exact) mass is 277 g/mol. The number of hydrogen-bond acceptors (Lipinski definition) is 7. The van der Waals surface area contributed by atoms with Gasteiger partial charge in [-0.2, -0.15) is 15.0 Å². The molecule has 2 N–H and O–H groups in total. The molecule has 0 amide bonds. The number of furan rings is 1. The van der Waals surface area contributed by atoms with E-state index in [1.807, 2.05) is 19.9 Å².